The fraction of sp³-hybridized carbons (Fsp3) is 0. The summed E-state index contributed by atoms with van der Waals surface area (Å²) in [4.78, 5) is 14.6. The van der Waals surface area contributed by atoms with Crippen molar-refractivity contribution in [3.8, 4) is 0 Å². The molecule has 13 heavy (non-hydrogen) atoms. The minimum absolute atomic E-state index is 0.0932. The normalized spacial score (nSPS) is 10.5. The van der Waals surface area contributed by atoms with Crippen molar-refractivity contribution in [2.75, 3.05) is 0 Å². The zero-order valence-corrected chi connectivity index (χ0v) is 7.89. The average Bonchev–Trinajstić information content (AvgIpc) is 2.53. The smallest absolute Gasteiger partial charge is 0.354 e. The van der Waals surface area contributed by atoms with E-state index in [-0.39, 0.29) is 5.69 Å². The van der Waals surface area contributed by atoms with Crippen LogP contribution in [-0.2, 0) is 0 Å². The number of halogens is 1. The molecule has 0 aliphatic heterocycles. The van der Waals surface area contributed by atoms with E-state index in [0.29, 0.717) is 5.65 Å². The molecule has 0 unspecified atom stereocenters. The molecular weight excluding hydrogens is 238 g/mol. The quantitative estimate of drug-likeness (QED) is 0.815. The number of hydrogen-bond acceptors (Lipinski definition) is 3. The summed E-state index contributed by atoms with van der Waals surface area (Å²) in [5.74, 6) is -1.03. The van der Waals surface area contributed by atoms with Crippen LogP contribution in [-0.4, -0.2) is 25.7 Å². The number of fused-ring (bicyclic) bond motifs is 1. The van der Waals surface area contributed by atoms with Crippen molar-refractivity contribution in [2.45, 2.75) is 0 Å². The molecule has 2 heterocycles. The zero-order valence-electron chi connectivity index (χ0n) is 6.31. The summed E-state index contributed by atoms with van der Waals surface area (Å²) in [5, 5.41) is 12.6. The number of rotatable bonds is 1. The van der Waals surface area contributed by atoms with Gasteiger partial charge in [-0.2, -0.15) is 5.10 Å². The summed E-state index contributed by atoms with van der Waals surface area (Å²) < 4.78 is 1.99. The molecule has 1 N–H and O–H groups in total. The van der Waals surface area contributed by atoms with Crippen molar-refractivity contribution in [3.05, 3.63) is 28.6 Å². The van der Waals surface area contributed by atoms with Gasteiger partial charge in [0.2, 0.25) is 0 Å². The van der Waals surface area contributed by atoms with E-state index in [4.69, 9.17) is 5.11 Å². The van der Waals surface area contributed by atoms with Crippen LogP contribution in [0.2, 0.25) is 0 Å². The molecule has 0 spiro atoms. The van der Waals surface area contributed by atoms with Crippen molar-refractivity contribution < 1.29 is 9.90 Å². The molecule has 2 aromatic heterocycles. The maximum absolute atomic E-state index is 10.7. The van der Waals surface area contributed by atoms with Crippen LogP contribution in [0.3, 0.4) is 0 Å². The molecule has 0 saturated carbocycles. The summed E-state index contributed by atoms with van der Waals surface area (Å²) in [6, 6.07) is 3.10. The number of carboxylic acids is 1. The first-order valence-corrected chi connectivity index (χ1v) is 4.21. The van der Waals surface area contributed by atoms with Crippen molar-refractivity contribution in [1.29, 1.82) is 0 Å². The second kappa shape index (κ2) is 2.81. The van der Waals surface area contributed by atoms with Gasteiger partial charge in [-0.05, 0) is 28.1 Å². The van der Waals surface area contributed by atoms with E-state index < -0.39 is 5.97 Å². The average molecular weight is 242 g/mol. The highest BCUT2D eigenvalue weighted by Gasteiger charge is 2.11. The lowest BCUT2D eigenvalue weighted by Gasteiger charge is -1.98. The molecular formula is C7H4BrN3O2. The first-order valence-electron chi connectivity index (χ1n) is 3.41. The van der Waals surface area contributed by atoms with E-state index in [2.05, 4.69) is 26.0 Å². The third-order valence-electron chi connectivity index (χ3n) is 1.60. The minimum Gasteiger partial charge on any atom is -0.477 e. The molecule has 0 fully saturated rings. The summed E-state index contributed by atoms with van der Waals surface area (Å²) in [5.41, 5.74) is 0.593. The number of nitrogens with zero attached hydrogens (tertiary/aromatic N) is 3. The van der Waals surface area contributed by atoms with Crippen LogP contribution in [0, 0.1) is 0 Å². The highest BCUT2D eigenvalue weighted by atomic mass is 79.9. The number of carbonyl (C=O) groups is 1. The predicted octanol–water partition coefficient (Wildman–Crippen LogP) is 1.19. The lowest BCUT2D eigenvalue weighted by Crippen LogP contribution is -2.05. The van der Waals surface area contributed by atoms with Crippen LogP contribution >= 0.6 is 15.9 Å². The molecule has 2 rings (SSSR count). The SMILES string of the molecule is O=C(O)c1ccc(Br)c2ncnn12. The topological polar surface area (TPSA) is 67.5 Å². The Kier molecular flexibility index (Phi) is 1.77. The van der Waals surface area contributed by atoms with Crippen molar-refractivity contribution in [2.24, 2.45) is 0 Å². The van der Waals surface area contributed by atoms with Crippen molar-refractivity contribution in [1.82, 2.24) is 14.6 Å². The Balaban J connectivity index is 2.86. The standard InChI is InChI=1S/C7H4BrN3O2/c8-4-1-2-5(7(12)13)11-6(4)9-3-10-11/h1-3H,(H,12,13). The number of aromatic nitrogens is 3. The van der Waals surface area contributed by atoms with Crippen molar-refractivity contribution >= 4 is 27.5 Å². The summed E-state index contributed by atoms with van der Waals surface area (Å²) in [6.45, 7) is 0. The Bertz CT molecular complexity index is 480. The molecule has 0 bridgehead atoms. The van der Waals surface area contributed by atoms with Gasteiger partial charge in [-0.3, -0.25) is 0 Å². The lowest BCUT2D eigenvalue weighted by atomic mass is 10.3. The van der Waals surface area contributed by atoms with E-state index >= 15 is 0 Å². The van der Waals surface area contributed by atoms with Gasteiger partial charge in [-0.15, -0.1) is 0 Å². The van der Waals surface area contributed by atoms with Crippen LogP contribution in [0.5, 0.6) is 0 Å². The maximum Gasteiger partial charge on any atom is 0.354 e. The zero-order chi connectivity index (χ0) is 9.42. The molecule has 0 radical (unpaired) electrons. The van der Waals surface area contributed by atoms with Gasteiger partial charge in [0.25, 0.3) is 0 Å². The Hall–Kier alpha value is -1.43. The van der Waals surface area contributed by atoms with Gasteiger partial charge < -0.3 is 5.11 Å². The van der Waals surface area contributed by atoms with Crippen LogP contribution in [0.4, 0.5) is 0 Å². The van der Waals surface area contributed by atoms with Crippen LogP contribution in [0.1, 0.15) is 10.5 Å². The predicted molar refractivity (Wildman–Crippen MR) is 47.6 cm³/mol. The van der Waals surface area contributed by atoms with E-state index in [9.17, 15) is 4.79 Å². The third-order valence-corrected chi connectivity index (χ3v) is 2.22. The Morgan fingerprint density at radius 2 is 2.31 bits per heavy atom. The molecule has 2 aromatic rings. The Morgan fingerprint density at radius 1 is 1.54 bits per heavy atom. The van der Waals surface area contributed by atoms with Gasteiger partial charge in [-0.1, -0.05) is 0 Å². The minimum atomic E-state index is -1.03. The second-order valence-corrected chi connectivity index (χ2v) is 3.22. The number of aromatic carboxylic acids is 1. The molecule has 0 amide bonds. The van der Waals surface area contributed by atoms with E-state index in [1.165, 1.54) is 16.9 Å². The summed E-state index contributed by atoms with van der Waals surface area (Å²) in [6.07, 6.45) is 1.31. The number of hydrogen-bond donors (Lipinski definition) is 1. The fourth-order valence-corrected chi connectivity index (χ4v) is 1.44. The lowest BCUT2D eigenvalue weighted by molar-refractivity contribution is 0.0687. The molecule has 5 nitrogen and oxygen atoms in total. The van der Waals surface area contributed by atoms with Crippen LogP contribution in [0.25, 0.3) is 5.65 Å². The fourth-order valence-electron chi connectivity index (χ4n) is 1.04. The highest BCUT2D eigenvalue weighted by molar-refractivity contribution is 9.10. The Morgan fingerprint density at radius 3 is 3.00 bits per heavy atom. The van der Waals surface area contributed by atoms with Crippen LogP contribution < -0.4 is 0 Å². The maximum atomic E-state index is 10.7. The third kappa shape index (κ3) is 1.19. The van der Waals surface area contributed by atoms with Crippen LogP contribution in [0.15, 0.2) is 22.9 Å². The molecule has 0 aromatic carbocycles. The van der Waals surface area contributed by atoms with Crippen molar-refractivity contribution in [3.63, 3.8) is 0 Å². The van der Waals surface area contributed by atoms with Gasteiger partial charge >= 0.3 is 5.97 Å². The van der Waals surface area contributed by atoms with Gasteiger partial charge in [0.05, 0.1) is 4.47 Å². The molecule has 6 heteroatoms. The molecule has 0 aliphatic rings. The first kappa shape index (κ1) is 8.18. The highest BCUT2D eigenvalue weighted by Crippen LogP contribution is 2.16. The molecule has 66 valence electrons. The van der Waals surface area contributed by atoms with Gasteiger partial charge in [-0.25, -0.2) is 14.3 Å². The monoisotopic (exact) mass is 241 g/mol. The summed E-state index contributed by atoms with van der Waals surface area (Å²) >= 11 is 3.24. The number of pyridine rings is 1. The van der Waals surface area contributed by atoms with E-state index in [1.807, 2.05) is 0 Å². The molecule has 0 aliphatic carbocycles. The number of carboxylic acid groups (broad SMARTS) is 1. The largest absolute Gasteiger partial charge is 0.477 e. The van der Waals surface area contributed by atoms with E-state index in [1.54, 1.807) is 6.07 Å². The Labute approximate surface area is 81.1 Å². The summed E-state index contributed by atoms with van der Waals surface area (Å²) in [7, 11) is 0. The van der Waals surface area contributed by atoms with Gasteiger partial charge in [0, 0.05) is 0 Å². The molecule has 0 saturated heterocycles. The first-order chi connectivity index (χ1) is 6.20. The van der Waals surface area contributed by atoms with Gasteiger partial charge in [0.15, 0.2) is 11.3 Å². The van der Waals surface area contributed by atoms with E-state index in [0.717, 1.165) is 4.47 Å². The second-order valence-electron chi connectivity index (χ2n) is 2.37. The van der Waals surface area contributed by atoms with Gasteiger partial charge in [0.1, 0.15) is 6.33 Å². The molecule has 0 atom stereocenters.